The van der Waals surface area contributed by atoms with Crippen molar-refractivity contribution in [1.29, 1.82) is 0 Å². The van der Waals surface area contributed by atoms with E-state index in [4.69, 9.17) is 5.53 Å². The lowest BCUT2D eigenvalue weighted by atomic mass is 10.3. The van der Waals surface area contributed by atoms with E-state index in [1.807, 2.05) is 12.1 Å². The Hall–Kier alpha value is -1.56. The summed E-state index contributed by atoms with van der Waals surface area (Å²) in [5.74, 6) is 1.02. The number of thioether (sulfide) groups is 1. The van der Waals surface area contributed by atoms with E-state index in [2.05, 4.69) is 26.9 Å². The molecule has 0 amide bonds. The lowest BCUT2D eigenvalue weighted by molar-refractivity contribution is 0.865. The monoisotopic (exact) mass is 275 g/mol. The van der Waals surface area contributed by atoms with Crippen LogP contribution in [0, 0.1) is 0 Å². The third-order valence-corrected chi connectivity index (χ3v) is 4.89. The van der Waals surface area contributed by atoms with Crippen LogP contribution >= 0.6 is 23.1 Å². The summed E-state index contributed by atoms with van der Waals surface area (Å²) in [6.45, 7) is 2.10. The molecule has 90 valence electrons. The van der Waals surface area contributed by atoms with Crippen molar-refractivity contribution < 1.29 is 0 Å². The Balaban J connectivity index is 2.05. The Morgan fingerprint density at radius 2 is 2.39 bits per heavy atom. The summed E-state index contributed by atoms with van der Waals surface area (Å²) in [7, 11) is 0. The normalized spacial score (nSPS) is 18.7. The number of fused-ring (bicyclic) bond motifs is 1. The second-order valence-electron chi connectivity index (χ2n) is 3.95. The molecule has 0 aliphatic carbocycles. The van der Waals surface area contributed by atoms with Crippen molar-refractivity contribution in [3.05, 3.63) is 33.6 Å². The van der Waals surface area contributed by atoms with E-state index in [-0.39, 0.29) is 0 Å². The highest BCUT2D eigenvalue weighted by Gasteiger charge is 2.18. The number of benzene rings is 1. The second-order valence-corrected chi connectivity index (χ2v) is 5.99. The van der Waals surface area contributed by atoms with Crippen LogP contribution in [-0.2, 0) is 0 Å². The first-order valence-corrected chi connectivity index (χ1v) is 7.23. The summed E-state index contributed by atoms with van der Waals surface area (Å²) < 4.78 is 1.03. The predicted octanol–water partition coefficient (Wildman–Crippen LogP) is 4.12. The lowest BCUT2D eigenvalue weighted by Crippen LogP contribution is -1.93. The minimum Gasteiger partial charge on any atom is -0.271 e. The van der Waals surface area contributed by atoms with E-state index in [9.17, 15) is 0 Å². The molecule has 2 aromatic rings. The fraction of sp³-hybridized carbons (Fsp3) is 0.273. The van der Waals surface area contributed by atoms with Crippen molar-refractivity contribution in [2.24, 2.45) is 10.1 Å². The molecule has 1 aromatic carbocycles. The maximum atomic E-state index is 8.42. The molecule has 0 spiro atoms. The lowest BCUT2D eigenvalue weighted by Gasteiger charge is -1.89. The highest BCUT2D eigenvalue weighted by Crippen LogP contribution is 2.31. The topological polar surface area (TPSA) is 74.0 Å². The maximum absolute atomic E-state index is 8.42. The van der Waals surface area contributed by atoms with Crippen LogP contribution in [-0.4, -0.2) is 21.8 Å². The predicted molar refractivity (Wildman–Crippen MR) is 76.9 cm³/mol. The summed E-state index contributed by atoms with van der Waals surface area (Å²) in [4.78, 5) is 11.9. The van der Waals surface area contributed by atoms with E-state index in [0.717, 1.165) is 26.0 Å². The summed E-state index contributed by atoms with van der Waals surface area (Å²) in [5.41, 5.74) is 9.97. The van der Waals surface area contributed by atoms with Crippen LogP contribution in [0.3, 0.4) is 0 Å². The van der Waals surface area contributed by atoms with Crippen molar-refractivity contribution in [2.75, 3.05) is 5.75 Å². The Bertz CT molecular complexity index is 684. The smallest absolute Gasteiger partial charge is 0.149 e. The molecule has 1 aliphatic heterocycles. The zero-order valence-corrected chi connectivity index (χ0v) is 11.2. The number of azide groups is 1. The molecule has 7 heteroatoms. The van der Waals surface area contributed by atoms with Gasteiger partial charge in [-0.25, -0.2) is 4.98 Å². The molecule has 1 aliphatic rings. The van der Waals surface area contributed by atoms with Gasteiger partial charge in [0.25, 0.3) is 0 Å². The number of rotatable bonds is 2. The molecule has 2 heterocycles. The van der Waals surface area contributed by atoms with Crippen LogP contribution in [0.4, 0.5) is 5.69 Å². The van der Waals surface area contributed by atoms with Gasteiger partial charge < -0.3 is 0 Å². The van der Waals surface area contributed by atoms with Gasteiger partial charge in [-0.1, -0.05) is 11.2 Å². The molecule has 18 heavy (non-hydrogen) atoms. The van der Waals surface area contributed by atoms with Crippen molar-refractivity contribution in [3.63, 3.8) is 0 Å². The zero-order valence-electron chi connectivity index (χ0n) is 9.57. The fourth-order valence-electron chi connectivity index (χ4n) is 1.71. The highest BCUT2D eigenvalue weighted by molar-refractivity contribution is 8.15. The largest absolute Gasteiger partial charge is 0.271 e. The number of aliphatic imine (C=N–C) groups is 1. The first kappa shape index (κ1) is 11.5. The van der Waals surface area contributed by atoms with E-state index < -0.39 is 0 Å². The van der Waals surface area contributed by atoms with Crippen LogP contribution in [0.1, 0.15) is 11.9 Å². The van der Waals surface area contributed by atoms with Gasteiger partial charge in [0, 0.05) is 16.4 Å². The molecule has 3 rings (SSSR count). The van der Waals surface area contributed by atoms with Gasteiger partial charge in [0.1, 0.15) is 10.1 Å². The number of hydrogen-bond donors (Lipinski definition) is 0. The molecule has 0 bridgehead atoms. The molecule has 0 N–H and O–H groups in total. The van der Waals surface area contributed by atoms with Crippen LogP contribution in [0.5, 0.6) is 0 Å². The number of thiazole rings is 1. The molecule has 1 aromatic heterocycles. The van der Waals surface area contributed by atoms with Gasteiger partial charge in [0.05, 0.1) is 16.3 Å². The Morgan fingerprint density at radius 3 is 3.11 bits per heavy atom. The maximum Gasteiger partial charge on any atom is 0.149 e. The second kappa shape index (κ2) is 4.61. The summed E-state index contributed by atoms with van der Waals surface area (Å²) >= 11 is 3.34. The van der Waals surface area contributed by atoms with Gasteiger partial charge in [0.15, 0.2) is 0 Å². The minimum atomic E-state index is 0.371. The average Bonchev–Trinajstić information content (AvgIpc) is 2.94. The van der Waals surface area contributed by atoms with Crippen molar-refractivity contribution in [3.8, 4) is 0 Å². The molecular weight excluding hydrogens is 266 g/mol. The van der Waals surface area contributed by atoms with Crippen LogP contribution in [0.25, 0.3) is 20.7 Å². The highest BCUT2D eigenvalue weighted by atomic mass is 32.2. The first-order valence-electron chi connectivity index (χ1n) is 5.43. The van der Waals surface area contributed by atoms with Crippen LogP contribution in [0.15, 0.2) is 28.3 Å². The van der Waals surface area contributed by atoms with Gasteiger partial charge in [-0.05, 0) is 24.6 Å². The Morgan fingerprint density at radius 1 is 1.50 bits per heavy atom. The number of hydrogen-bond acceptors (Lipinski definition) is 5. The molecule has 1 unspecified atom stereocenters. The molecule has 0 saturated carbocycles. The molecule has 0 saturated heterocycles. The summed E-state index contributed by atoms with van der Waals surface area (Å²) in [5, 5.41) is 5.58. The Labute approximate surface area is 112 Å². The molecule has 0 fully saturated rings. The quantitative estimate of drug-likeness (QED) is 0.469. The van der Waals surface area contributed by atoms with Gasteiger partial charge in [-0.15, -0.1) is 23.1 Å². The van der Waals surface area contributed by atoms with Crippen molar-refractivity contribution in [1.82, 2.24) is 4.98 Å². The van der Waals surface area contributed by atoms with E-state index in [1.54, 1.807) is 29.2 Å². The first-order chi connectivity index (χ1) is 8.76. The average molecular weight is 275 g/mol. The number of nitrogens with zero attached hydrogens (tertiary/aromatic N) is 5. The summed E-state index contributed by atoms with van der Waals surface area (Å²) in [6, 6.07) is 5.89. The molecule has 5 nitrogen and oxygen atoms in total. The van der Waals surface area contributed by atoms with Crippen molar-refractivity contribution in [2.45, 2.75) is 13.0 Å². The van der Waals surface area contributed by atoms with Crippen LogP contribution in [0.2, 0.25) is 0 Å². The summed E-state index contributed by atoms with van der Waals surface area (Å²) in [6.07, 6.45) is 0. The third kappa shape index (κ3) is 2.08. The SMILES string of the molecule is CC1CSC(c2nc3ccc(N=[N+]=[N-])cc3s2)=N1. The molecular formula is C11H9N5S2. The Kier molecular flexibility index (Phi) is 2.95. The van der Waals surface area contributed by atoms with E-state index >= 15 is 0 Å². The van der Waals surface area contributed by atoms with E-state index in [0.29, 0.717) is 11.7 Å². The third-order valence-electron chi connectivity index (χ3n) is 2.51. The molecule has 0 radical (unpaired) electrons. The fourth-order valence-corrected chi connectivity index (χ4v) is 3.80. The van der Waals surface area contributed by atoms with Gasteiger partial charge in [-0.3, -0.25) is 4.99 Å². The number of aromatic nitrogens is 1. The van der Waals surface area contributed by atoms with Crippen LogP contribution < -0.4 is 0 Å². The minimum absolute atomic E-state index is 0.371. The van der Waals surface area contributed by atoms with Gasteiger partial charge in [-0.2, -0.15) is 0 Å². The van der Waals surface area contributed by atoms with Crippen molar-refractivity contribution >= 4 is 44.0 Å². The molecule has 1 atom stereocenters. The van der Waals surface area contributed by atoms with E-state index in [1.165, 1.54) is 0 Å². The van der Waals surface area contributed by atoms with Gasteiger partial charge >= 0.3 is 0 Å². The zero-order chi connectivity index (χ0) is 12.5. The standard InChI is InChI=1S/C11H9N5S2/c1-6-5-17-10(13-6)11-14-8-3-2-7(15-16-12)4-9(8)18-11/h2-4,6H,5H2,1H3. The van der Waals surface area contributed by atoms with Gasteiger partial charge in [0.2, 0.25) is 0 Å².